The summed E-state index contributed by atoms with van der Waals surface area (Å²) in [4.78, 5) is 66.2. The number of carboxylic acid groups (broad SMARTS) is 1. The van der Waals surface area contributed by atoms with E-state index in [4.69, 9.17) is 21.3 Å². The molecule has 11 N–H and O–H groups in total. The van der Waals surface area contributed by atoms with Crippen molar-refractivity contribution < 1.29 is 39.6 Å². The van der Waals surface area contributed by atoms with E-state index in [-0.39, 0.29) is 10.6 Å². The fraction of sp³-hybridized carbons (Fsp3) is 0.529. The van der Waals surface area contributed by atoms with Gasteiger partial charge in [-0.2, -0.15) is 0 Å². The molecule has 0 radical (unpaired) electrons. The van der Waals surface area contributed by atoms with Crippen LogP contribution in [-0.4, -0.2) is 96.7 Å². The Morgan fingerprint density at radius 1 is 1.24 bits per heavy atom. The minimum absolute atomic E-state index is 0.00580. The number of carboxylic acids is 1. The molecule has 5 atom stereocenters. The molecule has 1 aromatic heterocycles. The van der Waals surface area contributed by atoms with E-state index >= 15 is 0 Å². The summed E-state index contributed by atoms with van der Waals surface area (Å²) in [5, 5.41) is 41.7. The number of aromatic amines is 2. The van der Waals surface area contributed by atoms with Crippen molar-refractivity contribution in [1.29, 1.82) is 0 Å². The molecule has 1 fully saturated rings. The number of carbonyl (C=O) groups is 3. The number of nitrogens with two attached hydrogens (primary N) is 2. The third kappa shape index (κ3) is 6.61. The maximum atomic E-state index is 12.6. The van der Waals surface area contributed by atoms with Gasteiger partial charge < -0.3 is 41.8 Å². The van der Waals surface area contributed by atoms with Gasteiger partial charge in [-0.05, 0) is 6.42 Å². The number of aliphatic imine (C=N–C) groups is 1. The van der Waals surface area contributed by atoms with Crippen LogP contribution in [-0.2, 0) is 19.1 Å². The fourth-order valence-electron chi connectivity index (χ4n) is 3.15. The smallest absolute Gasteiger partial charge is 0.325 e. The summed E-state index contributed by atoms with van der Waals surface area (Å²) in [6.07, 6.45) is -5.78. The molecule has 0 aliphatic carbocycles. The van der Waals surface area contributed by atoms with Crippen LogP contribution in [0.15, 0.2) is 20.8 Å². The van der Waals surface area contributed by atoms with Gasteiger partial charge in [0.15, 0.2) is 5.96 Å². The normalized spacial score (nSPS) is 22.6. The van der Waals surface area contributed by atoms with Gasteiger partial charge in [-0.3, -0.25) is 29.4 Å². The average Bonchev–Trinajstić information content (AvgIpc) is 3.04. The monoisotopic (exact) mass is 487 g/mol. The molecule has 0 spiro atoms. The van der Waals surface area contributed by atoms with Crippen molar-refractivity contribution >= 4 is 23.7 Å². The number of hydroxylamine groups is 2. The quantitative estimate of drug-likeness (QED) is 0.0649. The number of aliphatic hydroxyl groups excluding tert-OH is 2. The summed E-state index contributed by atoms with van der Waals surface area (Å²) in [6, 6.07) is -1.65. The first-order chi connectivity index (χ1) is 15.9. The molecule has 188 valence electrons. The number of H-pyrrole nitrogens is 2. The van der Waals surface area contributed by atoms with Crippen molar-refractivity contribution in [3.8, 4) is 0 Å². The van der Waals surface area contributed by atoms with Gasteiger partial charge in [-0.25, -0.2) is 14.9 Å². The number of nitrogens with zero attached hydrogens (tertiary/aromatic N) is 2. The van der Waals surface area contributed by atoms with Gasteiger partial charge >= 0.3 is 11.7 Å². The third-order valence-corrected chi connectivity index (χ3v) is 4.88. The standard InChI is InChI=1S/C17H25N7O10/c18-16(19)21-5-9(25)24(33)7(1-2-10(26)27)15(31)20-4-8-11(28)12(29)13(34-8)6-3-22-17(32)23-14(6)30/h3,7-8,11-13,28-29,33H,1-2,4-5H2,(H,20,31)(H,26,27)(H4,18,19,21)(H2,22,23,30,32). The largest absolute Gasteiger partial charge is 0.481 e. The predicted octanol–water partition coefficient (Wildman–Crippen LogP) is -4.93. The third-order valence-electron chi connectivity index (χ3n) is 4.88. The molecule has 17 nitrogen and oxygen atoms in total. The van der Waals surface area contributed by atoms with Crippen LogP contribution in [0.5, 0.6) is 0 Å². The van der Waals surface area contributed by atoms with Crippen LogP contribution in [0.25, 0.3) is 0 Å². The average molecular weight is 487 g/mol. The first kappa shape index (κ1) is 26.5. The topological polar surface area (TPSA) is 287 Å². The lowest BCUT2D eigenvalue weighted by Gasteiger charge is -2.25. The molecular formula is C17H25N7O10. The summed E-state index contributed by atoms with van der Waals surface area (Å²) in [5.41, 5.74) is 8.40. The molecule has 5 unspecified atom stereocenters. The highest BCUT2D eigenvalue weighted by Crippen LogP contribution is 2.31. The zero-order chi connectivity index (χ0) is 25.6. The van der Waals surface area contributed by atoms with E-state index < -0.39 is 91.4 Å². The Labute approximate surface area is 190 Å². The highest BCUT2D eigenvalue weighted by molar-refractivity contribution is 5.89. The van der Waals surface area contributed by atoms with Gasteiger partial charge in [0, 0.05) is 19.2 Å². The molecule has 1 saturated heterocycles. The van der Waals surface area contributed by atoms with Crippen LogP contribution in [0.1, 0.15) is 24.5 Å². The van der Waals surface area contributed by atoms with E-state index in [9.17, 15) is 39.4 Å². The Hall–Kier alpha value is -3.80. The van der Waals surface area contributed by atoms with Gasteiger partial charge in [-0.15, -0.1) is 0 Å². The van der Waals surface area contributed by atoms with Crippen LogP contribution in [0, 0.1) is 0 Å². The number of amides is 2. The van der Waals surface area contributed by atoms with Gasteiger partial charge in [0.25, 0.3) is 11.5 Å². The van der Waals surface area contributed by atoms with E-state index in [2.05, 4.69) is 15.3 Å². The van der Waals surface area contributed by atoms with Crippen LogP contribution >= 0.6 is 0 Å². The summed E-state index contributed by atoms with van der Waals surface area (Å²) in [7, 11) is 0. The van der Waals surface area contributed by atoms with Crippen molar-refractivity contribution in [2.45, 2.75) is 43.3 Å². The number of hydrogen-bond acceptors (Lipinski definition) is 10. The van der Waals surface area contributed by atoms with Crippen molar-refractivity contribution in [2.24, 2.45) is 16.5 Å². The van der Waals surface area contributed by atoms with Gasteiger partial charge in [0.05, 0.1) is 5.56 Å². The molecule has 1 aromatic rings. The van der Waals surface area contributed by atoms with E-state index in [0.29, 0.717) is 0 Å². The Balaban J connectivity index is 2.09. The summed E-state index contributed by atoms with van der Waals surface area (Å²) < 4.78 is 5.45. The molecule has 0 saturated carbocycles. The second kappa shape index (κ2) is 11.4. The molecule has 1 aliphatic rings. The Kier molecular flexibility index (Phi) is 8.84. The number of rotatable bonds is 10. The van der Waals surface area contributed by atoms with E-state index in [1.807, 2.05) is 4.98 Å². The number of carbonyl (C=O) groups excluding carboxylic acids is 2. The minimum atomic E-state index is -1.65. The second-order valence-corrected chi connectivity index (χ2v) is 7.28. The van der Waals surface area contributed by atoms with Gasteiger partial charge in [0.2, 0.25) is 5.91 Å². The maximum absolute atomic E-state index is 12.6. The maximum Gasteiger partial charge on any atom is 0.325 e. The Morgan fingerprint density at radius 3 is 2.50 bits per heavy atom. The molecule has 2 amide bonds. The van der Waals surface area contributed by atoms with Crippen LogP contribution < -0.4 is 28.0 Å². The number of aliphatic hydroxyl groups is 2. The van der Waals surface area contributed by atoms with Crippen LogP contribution in [0.3, 0.4) is 0 Å². The zero-order valence-electron chi connectivity index (χ0n) is 17.6. The summed E-state index contributed by atoms with van der Waals surface area (Å²) >= 11 is 0. The van der Waals surface area contributed by atoms with E-state index in [0.717, 1.165) is 6.20 Å². The van der Waals surface area contributed by atoms with Crippen LogP contribution in [0.2, 0.25) is 0 Å². The number of hydrogen-bond donors (Lipinski definition) is 9. The molecule has 17 heteroatoms. The molecule has 0 bridgehead atoms. The first-order valence-corrected chi connectivity index (χ1v) is 9.81. The molecule has 2 rings (SSSR count). The number of ether oxygens (including phenoxy) is 1. The summed E-state index contributed by atoms with van der Waals surface area (Å²) in [5.74, 6) is -3.84. The second-order valence-electron chi connectivity index (χ2n) is 7.28. The number of aliphatic carboxylic acids is 1. The fourth-order valence-corrected chi connectivity index (χ4v) is 3.15. The van der Waals surface area contributed by atoms with Crippen molar-refractivity contribution in [3.63, 3.8) is 0 Å². The lowest BCUT2D eigenvalue weighted by Crippen LogP contribution is -2.51. The SMILES string of the molecule is NC(N)=NCC(=O)N(O)C(CCC(=O)O)C(=O)NCC1OC(c2c[nH]c(=O)[nH]c2=O)C(O)C1O. The van der Waals surface area contributed by atoms with Gasteiger partial charge in [0.1, 0.15) is 37.0 Å². The first-order valence-electron chi connectivity index (χ1n) is 9.81. The highest BCUT2D eigenvalue weighted by atomic mass is 16.5. The summed E-state index contributed by atoms with van der Waals surface area (Å²) in [6.45, 7) is -1.16. The zero-order valence-corrected chi connectivity index (χ0v) is 17.6. The highest BCUT2D eigenvalue weighted by Gasteiger charge is 2.44. The molecule has 2 heterocycles. The van der Waals surface area contributed by atoms with E-state index in [1.54, 1.807) is 0 Å². The number of guanidine groups is 1. The van der Waals surface area contributed by atoms with Crippen LogP contribution in [0.4, 0.5) is 0 Å². The Morgan fingerprint density at radius 2 is 1.91 bits per heavy atom. The lowest BCUT2D eigenvalue weighted by atomic mass is 10.0. The molecule has 0 aromatic carbocycles. The predicted molar refractivity (Wildman–Crippen MR) is 110 cm³/mol. The van der Waals surface area contributed by atoms with E-state index in [1.165, 1.54) is 0 Å². The van der Waals surface area contributed by atoms with Crippen molar-refractivity contribution in [3.05, 3.63) is 32.6 Å². The molecular weight excluding hydrogens is 462 g/mol. The number of aromatic nitrogens is 2. The van der Waals surface area contributed by atoms with Crippen molar-refractivity contribution in [1.82, 2.24) is 20.3 Å². The lowest BCUT2D eigenvalue weighted by molar-refractivity contribution is -0.179. The minimum Gasteiger partial charge on any atom is -0.481 e. The van der Waals surface area contributed by atoms with Crippen molar-refractivity contribution in [2.75, 3.05) is 13.1 Å². The molecule has 34 heavy (non-hydrogen) atoms. The Bertz CT molecular complexity index is 1050. The number of nitrogens with one attached hydrogen (secondary N) is 3. The van der Waals surface area contributed by atoms with Gasteiger partial charge in [-0.1, -0.05) is 0 Å². The molecule has 1 aliphatic heterocycles.